The maximum atomic E-state index is 13.3. The van der Waals surface area contributed by atoms with Crippen LogP contribution in [-0.2, 0) is 0 Å². The second-order valence-electron chi connectivity index (χ2n) is 3.83. The zero-order chi connectivity index (χ0) is 14.9. The molecule has 0 aliphatic heterocycles. The van der Waals surface area contributed by atoms with Crippen molar-refractivity contribution in [3.63, 3.8) is 0 Å². The second kappa shape index (κ2) is 5.62. The first-order valence-corrected chi connectivity index (χ1v) is 6.08. The Hall–Kier alpha value is -1.89. The molecule has 20 heavy (non-hydrogen) atoms. The monoisotopic (exact) mass is 347 g/mol. The van der Waals surface area contributed by atoms with Crippen molar-refractivity contribution in [1.82, 2.24) is 0 Å². The topological polar surface area (TPSA) is 29.1 Å². The van der Waals surface area contributed by atoms with Gasteiger partial charge in [0.1, 0.15) is 11.6 Å². The first-order chi connectivity index (χ1) is 9.38. The molecule has 2 rings (SSSR count). The molecule has 0 aliphatic rings. The van der Waals surface area contributed by atoms with E-state index in [0.717, 1.165) is 6.07 Å². The van der Waals surface area contributed by atoms with Crippen molar-refractivity contribution in [2.45, 2.75) is 0 Å². The molecular formula is C13H6BrF4NO. The van der Waals surface area contributed by atoms with Crippen LogP contribution in [0.25, 0.3) is 0 Å². The highest BCUT2D eigenvalue weighted by Gasteiger charge is 2.14. The Balaban J connectivity index is 2.27. The molecular weight excluding hydrogens is 342 g/mol. The van der Waals surface area contributed by atoms with Gasteiger partial charge in [-0.05, 0) is 34.1 Å². The maximum Gasteiger partial charge on any atom is 0.255 e. The average Bonchev–Trinajstić information content (AvgIpc) is 2.39. The second-order valence-corrected chi connectivity index (χ2v) is 4.68. The molecule has 0 fully saturated rings. The number of nitrogens with one attached hydrogen (secondary N) is 1. The van der Waals surface area contributed by atoms with Crippen LogP contribution in [0.2, 0.25) is 0 Å². The van der Waals surface area contributed by atoms with Crippen LogP contribution < -0.4 is 5.32 Å². The predicted octanol–water partition coefficient (Wildman–Crippen LogP) is 4.26. The Labute approximate surface area is 119 Å². The van der Waals surface area contributed by atoms with Gasteiger partial charge in [0, 0.05) is 17.7 Å². The molecule has 0 saturated carbocycles. The fourth-order valence-electron chi connectivity index (χ4n) is 1.45. The summed E-state index contributed by atoms with van der Waals surface area (Å²) in [5, 5.41) is 2.04. The van der Waals surface area contributed by atoms with E-state index in [1.807, 2.05) is 5.32 Å². The summed E-state index contributed by atoms with van der Waals surface area (Å²) in [6.07, 6.45) is 0. The molecule has 2 aromatic carbocycles. The molecule has 2 nitrogen and oxygen atoms in total. The third kappa shape index (κ3) is 2.98. The third-order valence-electron chi connectivity index (χ3n) is 2.44. The Morgan fingerprint density at radius 1 is 0.900 bits per heavy atom. The van der Waals surface area contributed by atoms with Gasteiger partial charge in [0.15, 0.2) is 11.6 Å². The zero-order valence-electron chi connectivity index (χ0n) is 9.68. The molecule has 0 spiro atoms. The molecule has 7 heteroatoms. The summed E-state index contributed by atoms with van der Waals surface area (Å²) in [7, 11) is 0. The van der Waals surface area contributed by atoms with Gasteiger partial charge in [0.05, 0.1) is 10.2 Å². The number of rotatable bonds is 2. The molecule has 0 aliphatic carbocycles. The fraction of sp³-hybridized carbons (Fsp3) is 0. The van der Waals surface area contributed by atoms with Crippen LogP contribution >= 0.6 is 15.9 Å². The van der Waals surface area contributed by atoms with Crippen LogP contribution in [0.5, 0.6) is 0 Å². The van der Waals surface area contributed by atoms with Crippen molar-refractivity contribution in [1.29, 1.82) is 0 Å². The van der Waals surface area contributed by atoms with Gasteiger partial charge in [0.25, 0.3) is 5.91 Å². The van der Waals surface area contributed by atoms with Crippen LogP contribution in [-0.4, -0.2) is 5.91 Å². The fourth-order valence-corrected chi connectivity index (χ4v) is 1.70. The summed E-state index contributed by atoms with van der Waals surface area (Å²) in [6.45, 7) is 0. The number of halogens is 5. The van der Waals surface area contributed by atoms with Gasteiger partial charge in [-0.25, -0.2) is 17.6 Å². The van der Waals surface area contributed by atoms with Gasteiger partial charge < -0.3 is 5.32 Å². The van der Waals surface area contributed by atoms with E-state index in [1.165, 1.54) is 12.1 Å². The molecule has 0 unspecified atom stereocenters. The minimum Gasteiger partial charge on any atom is -0.319 e. The summed E-state index contributed by atoms with van der Waals surface area (Å²) < 4.78 is 52.5. The first kappa shape index (κ1) is 14.5. The van der Waals surface area contributed by atoms with E-state index in [0.29, 0.717) is 12.1 Å². The Kier molecular flexibility index (Phi) is 4.08. The third-order valence-corrected chi connectivity index (χ3v) is 3.08. The SMILES string of the molecule is O=C(Nc1cc(F)c(F)cc1F)c1ccc(Br)c(F)c1. The van der Waals surface area contributed by atoms with Crippen LogP contribution in [0.1, 0.15) is 10.4 Å². The van der Waals surface area contributed by atoms with Gasteiger partial charge in [0.2, 0.25) is 0 Å². The maximum absolute atomic E-state index is 13.3. The van der Waals surface area contributed by atoms with E-state index in [9.17, 15) is 22.4 Å². The van der Waals surface area contributed by atoms with E-state index in [2.05, 4.69) is 15.9 Å². The van der Waals surface area contributed by atoms with Crippen molar-refractivity contribution in [3.05, 3.63) is 63.6 Å². The van der Waals surface area contributed by atoms with E-state index in [1.54, 1.807) is 0 Å². The lowest BCUT2D eigenvalue weighted by molar-refractivity contribution is 0.102. The normalized spacial score (nSPS) is 10.4. The quantitative estimate of drug-likeness (QED) is 0.638. The van der Waals surface area contributed by atoms with Crippen molar-refractivity contribution in [3.8, 4) is 0 Å². The molecule has 0 atom stereocenters. The highest BCUT2D eigenvalue weighted by molar-refractivity contribution is 9.10. The van der Waals surface area contributed by atoms with E-state index >= 15 is 0 Å². The number of hydrogen-bond acceptors (Lipinski definition) is 1. The van der Waals surface area contributed by atoms with Crippen LogP contribution in [0.15, 0.2) is 34.8 Å². The number of carbonyl (C=O) groups excluding carboxylic acids is 1. The van der Waals surface area contributed by atoms with Crippen LogP contribution in [0.4, 0.5) is 23.2 Å². The summed E-state index contributed by atoms with van der Waals surface area (Å²) in [5.74, 6) is -5.32. The molecule has 0 saturated heterocycles. The van der Waals surface area contributed by atoms with Crippen LogP contribution in [0, 0.1) is 23.3 Å². The predicted molar refractivity (Wildman–Crippen MR) is 68.4 cm³/mol. The van der Waals surface area contributed by atoms with Crippen molar-refractivity contribution >= 4 is 27.5 Å². The molecule has 1 N–H and O–H groups in total. The Morgan fingerprint density at radius 3 is 2.20 bits per heavy atom. The van der Waals surface area contributed by atoms with Crippen molar-refractivity contribution in [2.75, 3.05) is 5.32 Å². The number of benzene rings is 2. The highest BCUT2D eigenvalue weighted by Crippen LogP contribution is 2.21. The van der Waals surface area contributed by atoms with Gasteiger partial charge in [-0.3, -0.25) is 4.79 Å². The largest absolute Gasteiger partial charge is 0.319 e. The molecule has 0 bridgehead atoms. The number of amides is 1. The zero-order valence-corrected chi connectivity index (χ0v) is 11.3. The number of hydrogen-bond donors (Lipinski definition) is 1. The Bertz CT molecular complexity index is 690. The minimum absolute atomic E-state index is 0.0881. The molecule has 0 aromatic heterocycles. The Morgan fingerprint density at radius 2 is 1.55 bits per heavy atom. The van der Waals surface area contributed by atoms with Crippen LogP contribution in [0.3, 0.4) is 0 Å². The van der Waals surface area contributed by atoms with Crippen molar-refractivity contribution < 1.29 is 22.4 Å². The number of anilines is 1. The summed E-state index contributed by atoms with van der Waals surface area (Å²) in [6, 6.07) is 4.34. The lowest BCUT2D eigenvalue weighted by atomic mass is 10.2. The highest BCUT2D eigenvalue weighted by atomic mass is 79.9. The van der Waals surface area contributed by atoms with E-state index in [4.69, 9.17) is 0 Å². The van der Waals surface area contributed by atoms with E-state index in [-0.39, 0.29) is 10.0 Å². The lowest BCUT2D eigenvalue weighted by Crippen LogP contribution is -2.13. The van der Waals surface area contributed by atoms with Gasteiger partial charge in [-0.1, -0.05) is 0 Å². The molecule has 2 aromatic rings. The lowest BCUT2D eigenvalue weighted by Gasteiger charge is -2.07. The summed E-state index contributed by atoms with van der Waals surface area (Å²) >= 11 is 2.92. The van der Waals surface area contributed by atoms with Gasteiger partial charge in [-0.2, -0.15) is 0 Å². The minimum atomic E-state index is -1.37. The average molecular weight is 348 g/mol. The van der Waals surface area contributed by atoms with Crippen molar-refractivity contribution in [2.24, 2.45) is 0 Å². The smallest absolute Gasteiger partial charge is 0.255 e. The first-order valence-electron chi connectivity index (χ1n) is 5.29. The molecule has 1 amide bonds. The van der Waals surface area contributed by atoms with E-state index < -0.39 is 34.9 Å². The summed E-state index contributed by atoms with van der Waals surface area (Å²) in [4.78, 5) is 11.8. The summed E-state index contributed by atoms with van der Waals surface area (Å²) in [5.41, 5.74) is -0.618. The standard InChI is InChI=1S/C13H6BrF4NO/c14-7-2-1-6(3-8(7)15)13(20)19-12-5-10(17)9(16)4-11(12)18/h1-5H,(H,19,20). The molecule has 104 valence electrons. The molecule has 0 radical (unpaired) electrons. The number of carbonyl (C=O) groups is 1. The molecule has 0 heterocycles. The van der Waals surface area contributed by atoms with Gasteiger partial charge in [-0.15, -0.1) is 0 Å². The van der Waals surface area contributed by atoms with Gasteiger partial charge >= 0.3 is 0 Å².